The number of ketones is 1. The summed E-state index contributed by atoms with van der Waals surface area (Å²) >= 11 is 0. The van der Waals surface area contributed by atoms with Crippen LogP contribution in [0.1, 0.15) is 27.8 Å². The van der Waals surface area contributed by atoms with Crippen molar-refractivity contribution in [1.82, 2.24) is 4.57 Å². The molecular formula is C16H14F2N2O4. The Labute approximate surface area is 136 Å². The van der Waals surface area contributed by atoms with Crippen molar-refractivity contribution in [3.8, 4) is 0 Å². The minimum Gasteiger partial charge on any atom is -0.451 e. The van der Waals surface area contributed by atoms with Gasteiger partial charge in [0, 0.05) is 18.8 Å². The number of aromatic nitrogens is 1. The lowest BCUT2D eigenvalue weighted by Gasteiger charge is -2.08. The molecule has 0 aliphatic rings. The maximum atomic E-state index is 13.4. The Morgan fingerprint density at radius 1 is 1.21 bits per heavy atom. The molecule has 1 amide bonds. The van der Waals surface area contributed by atoms with E-state index in [9.17, 15) is 23.2 Å². The number of halogens is 2. The van der Waals surface area contributed by atoms with Gasteiger partial charge in [-0.15, -0.1) is 0 Å². The molecule has 2 rings (SSSR count). The van der Waals surface area contributed by atoms with E-state index in [1.54, 1.807) is 0 Å². The predicted octanol–water partition coefficient (Wildman–Crippen LogP) is 2.30. The van der Waals surface area contributed by atoms with E-state index < -0.39 is 35.8 Å². The normalized spacial score (nSPS) is 10.3. The molecule has 1 aromatic heterocycles. The zero-order valence-corrected chi connectivity index (χ0v) is 12.9. The third-order valence-corrected chi connectivity index (χ3v) is 3.18. The third kappa shape index (κ3) is 3.83. The minimum atomic E-state index is -0.941. The average Bonchev–Trinajstić information content (AvgIpc) is 2.91. The van der Waals surface area contributed by atoms with E-state index >= 15 is 0 Å². The number of aryl methyl sites for hydroxylation is 1. The topological polar surface area (TPSA) is 77.4 Å². The molecule has 0 aliphatic carbocycles. The number of benzene rings is 1. The van der Waals surface area contributed by atoms with Crippen LogP contribution < -0.4 is 5.32 Å². The second-order valence-electron chi connectivity index (χ2n) is 5.00. The lowest BCUT2D eigenvalue weighted by molar-refractivity contribution is -0.119. The molecule has 0 saturated heterocycles. The van der Waals surface area contributed by atoms with Crippen LogP contribution in [0.15, 0.2) is 30.5 Å². The molecule has 1 aromatic carbocycles. The second kappa shape index (κ2) is 7.03. The van der Waals surface area contributed by atoms with Crippen LogP contribution in [0.25, 0.3) is 0 Å². The van der Waals surface area contributed by atoms with Gasteiger partial charge in [-0.25, -0.2) is 13.6 Å². The van der Waals surface area contributed by atoms with E-state index in [1.807, 2.05) is 5.32 Å². The fourth-order valence-electron chi connectivity index (χ4n) is 1.96. The Morgan fingerprint density at radius 2 is 1.83 bits per heavy atom. The summed E-state index contributed by atoms with van der Waals surface area (Å²) in [7, 11) is 1.54. The van der Waals surface area contributed by atoms with E-state index in [0.29, 0.717) is 5.56 Å². The molecule has 0 spiro atoms. The number of hydrogen-bond acceptors (Lipinski definition) is 4. The fraction of sp³-hybridized carbons (Fsp3) is 0.188. The van der Waals surface area contributed by atoms with Gasteiger partial charge in [0.15, 0.2) is 12.4 Å². The molecule has 126 valence electrons. The molecular weight excluding hydrogens is 322 g/mol. The Balaban J connectivity index is 1.99. The van der Waals surface area contributed by atoms with Gasteiger partial charge in [-0.2, -0.15) is 0 Å². The Hall–Kier alpha value is -3.03. The molecule has 8 heteroatoms. The maximum Gasteiger partial charge on any atom is 0.355 e. The highest BCUT2D eigenvalue weighted by Gasteiger charge is 2.17. The first-order valence-electron chi connectivity index (χ1n) is 6.88. The van der Waals surface area contributed by atoms with E-state index in [0.717, 1.165) is 18.2 Å². The number of nitrogens with one attached hydrogen (secondary N) is 1. The predicted molar refractivity (Wildman–Crippen MR) is 80.7 cm³/mol. The summed E-state index contributed by atoms with van der Waals surface area (Å²) in [5.74, 6) is -3.84. The lowest BCUT2D eigenvalue weighted by Crippen LogP contribution is -2.22. The smallest absolute Gasteiger partial charge is 0.355 e. The zero-order valence-electron chi connectivity index (χ0n) is 12.9. The van der Waals surface area contributed by atoms with Crippen LogP contribution in [-0.4, -0.2) is 28.8 Å². The average molecular weight is 336 g/mol. The van der Waals surface area contributed by atoms with Crippen molar-refractivity contribution in [3.05, 3.63) is 53.4 Å². The second-order valence-corrected chi connectivity index (χ2v) is 5.00. The number of carbonyl (C=O) groups is 3. The van der Waals surface area contributed by atoms with Crippen molar-refractivity contribution in [2.45, 2.75) is 6.92 Å². The first-order valence-corrected chi connectivity index (χ1v) is 6.88. The van der Waals surface area contributed by atoms with E-state index in [-0.39, 0.29) is 11.5 Å². The van der Waals surface area contributed by atoms with Gasteiger partial charge in [0.2, 0.25) is 0 Å². The standard InChI is InChI=1S/C16H14F2N2O4/c1-9(21)10-6-13(20(2)7-10)16(23)24-8-14(22)19-15-11(17)4-3-5-12(15)18/h3-7H,8H2,1-2H3,(H,19,22). The van der Waals surface area contributed by atoms with Gasteiger partial charge in [-0.1, -0.05) is 6.07 Å². The molecule has 0 aliphatic heterocycles. The summed E-state index contributed by atoms with van der Waals surface area (Å²) in [6.07, 6.45) is 1.45. The quantitative estimate of drug-likeness (QED) is 0.671. The first-order chi connectivity index (χ1) is 11.3. The van der Waals surface area contributed by atoms with Gasteiger partial charge >= 0.3 is 5.97 Å². The highest BCUT2D eigenvalue weighted by atomic mass is 19.1. The summed E-state index contributed by atoms with van der Waals surface area (Å²) in [6.45, 7) is 0.619. The van der Waals surface area contributed by atoms with Crippen molar-refractivity contribution in [2.75, 3.05) is 11.9 Å². The van der Waals surface area contributed by atoms with E-state index in [4.69, 9.17) is 4.74 Å². The van der Waals surface area contributed by atoms with Crippen LogP contribution >= 0.6 is 0 Å². The first kappa shape index (κ1) is 17.3. The zero-order chi connectivity index (χ0) is 17.9. The molecule has 6 nitrogen and oxygen atoms in total. The van der Waals surface area contributed by atoms with Gasteiger partial charge in [0.1, 0.15) is 23.0 Å². The largest absolute Gasteiger partial charge is 0.451 e. The molecule has 1 heterocycles. The van der Waals surface area contributed by atoms with Gasteiger partial charge in [0.25, 0.3) is 5.91 Å². The monoisotopic (exact) mass is 336 g/mol. The maximum absolute atomic E-state index is 13.4. The Morgan fingerprint density at radius 3 is 2.38 bits per heavy atom. The van der Waals surface area contributed by atoms with Crippen molar-refractivity contribution in [3.63, 3.8) is 0 Å². The van der Waals surface area contributed by atoms with Crippen LogP contribution in [0, 0.1) is 11.6 Å². The summed E-state index contributed by atoms with van der Waals surface area (Å²) < 4.78 is 33.0. The van der Waals surface area contributed by atoms with Crippen LogP contribution in [-0.2, 0) is 16.6 Å². The third-order valence-electron chi connectivity index (χ3n) is 3.18. The number of rotatable bonds is 5. The minimum absolute atomic E-state index is 0.0741. The van der Waals surface area contributed by atoms with Crippen LogP contribution in [0.5, 0.6) is 0 Å². The number of ether oxygens (including phenoxy) is 1. The summed E-state index contributed by atoms with van der Waals surface area (Å²) in [5.41, 5.74) is -0.219. The molecule has 0 radical (unpaired) electrons. The van der Waals surface area contributed by atoms with Crippen LogP contribution in [0.3, 0.4) is 0 Å². The summed E-state index contributed by atoms with van der Waals surface area (Å²) in [6, 6.07) is 4.46. The number of esters is 1. The summed E-state index contributed by atoms with van der Waals surface area (Å²) in [5, 5.41) is 2.00. The highest BCUT2D eigenvalue weighted by molar-refractivity contribution is 5.99. The molecule has 0 atom stereocenters. The number of para-hydroxylation sites is 1. The van der Waals surface area contributed by atoms with Gasteiger partial charge in [-0.05, 0) is 25.1 Å². The molecule has 0 bridgehead atoms. The number of Topliss-reactive ketones (excluding diaryl/α,β-unsaturated/α-hetero) is 1. The molecule has 0 unspecified atom stereocenters. The number of amides is 1. The number of anilines is 1. The van der Waals surface area contributed by atoms with E-state index in [1.165, 1.54) is 30.8 Å². The van der Waals surface area contributed by atoms with Gasteiger partial charge in [-0.3, -0.25) is 9.59 Å². The van der Waals surface area contributed by atoms with Crippen LogP contribution in [0.2, 0.25) is 0 Å². The highest BCUT2D eigenvalue weighted by Crippen LogP contribution is 2.17. The Kier molecular flexibility index (Phi) is 5.08. The number of hydrogen-bond donors (Lipinski definition) is 1. The van der Waals surface area contributed by atoms with Crippen molar-refractivity contribution in [1.29, 1.82) is 0 Å². The van der Waals surface area contributed by atoms with Crippen LogP contribution in [0.4, 0.5) is 14.5 Å². The van der Waals surface area contributed by atoms with Gasteiger partial charge < -0.3 is 14.6 Å². The fourth-order valence-corrected chi connectivity index (χ4v) is 1.96. The van der Waals surface area contributed by atoms with Gasteiger partial charge in [0.05, 0.1) is 0 Å². The Bertz CT molecular complexity index is 794. The molecule has 24 heavy (non-hydrogen) atoms. The van der Waals surface area contributed by atoms with Crippen molar-refractivity contribution >= 4 is 23.3 Å². The van der Waals surface area contributed by atoms with Crippen molar-refractivity contribution < 1.29 is 27.9 Å². The summed E-state index contributed by atoms with van der Waals surface area (Å²) in [4.78, 5) is 34.8. The number of nitrogens with zero attached hydrogens (tertiary/aromatic N) is 1. The lowest BCUT2D eigenvalue weighted by atomic mass is 10.2. The van der Waals surface area contributed by atoms with E-state index in [2.05, 4.69) is 0 Å². The molecule has 0 saturated carbocycles. The SMILES string of the molecule is CC(=O)c1cc(C(=O)OCC(=O)Nc2c(F)cccc2F)n(C)c1. The number of carbonyl (C=O) groups excluding carboxylic acids is 3. The molecule has 0 fully saturated rings. The molecule has 1 N–H and O–H groups in total. The molecule has 2 aromatic rings. The van der Waals surface area contributed by atoms with Crippen molar-refractivity contribution in [2.24, 2.45) is 7.05 Å².